The zero-order chi connectivity index (χ0) is 27.0. The summed E-state index contributed by atoms with van der Waals surface area (Å²) in [7, 11) is -2.29. The lowest BCUT2D eigenvalue weighted by molar-refractivity contribution is -0.137. The van der Waals surface area contributed by atoms with E-state index in [1.807, 2.05) is 0 Å². The average Bonchev–Trinajstić information content (AvgIpc) is 3.18. The normalized spacial score (nSPS) is 13.5. The number of aromatic nitrogens is 3. The third kappa shape index (κ3) is 5.99. The number of halogens is 3. The molecule has 37 heavy (non-hydrogen) atoms. The molecule has 1 amide bonds. The molecule has 3 aromatic rings. The molecule has 0 bridgehead atoms. The van der Waals surface area contributed by atoms with Gasteiger partial charge in [-0.1, -0.05) is 0 Å². The van der Waals surface area contributed by atoms with Crippen LogP contribution in [0.15, 0.2) is 46.9 Å². The highest BCUT2D eigenvalue weighted by Crippen LogP contribution is 2.38. The van der Waals surface area contributed by atoms with E-state index in [0.717, 1.165) is 22.2 Å². The summed E-state index contributed by atoms with van der Waals surface area (Å²) in [5.74, 6) is -0.0150. The van der Waals surface area contributed by atoms with Crippen molar-refractivity contribution in [3.63, 3.8) is 0 Å². The second-order valence-corrected chi connectivity index (χ2v) is 10.2. The van der Waals surface area contributed by atoms with Crippen molar-refractivity contribution in [1.82, 2.24) is 15.0 Å². The Kier molecular flexibility index (Phi) is 6.82. The van der Waals surface area contributed by atoms with Gasteiger partial charge in [0, 0.05) is 30.7 Å². The number of carbonyl (C=O) groups is 1. The van der Waals surface area contributed by atoms with Gasteiger partial charge in [0.25, 0.3) is 0 Å². The van der Waals surface area contributed by atoms with Crippen LogP contribution in [0, 0.1) is 6.92 Å². The third-order valence-corrected chi connectivity index (χ3v) is 6.63. The molecular formula is C22H21F3N8O3S. The van der Waals surface area contributed by atoms with Gasteiger partial charge in [0.15, 0.2) is 5.82 Å². The number of pyridine rings is 1. The smallest absolute Gasteiger partial charge is 0.340 e. The SMILES string of the molecule is Cc1ncc(N(C)S(C)(=O)=O)nc1CN=Nc1cc(Nc2ccc3c(c2)CC(=O)N3)ncc1C(F)(F)F. The van der Waals surface area contributed by atoms with E-state index in [9.17, 15) is 26.4 Å². The Morgan fingerprint density at radius 2 is 1.95 bits per heavy atom. The Balaban J connectivity index is 1.59. The molecule has 0 aliphatic carbocycles. The predicted molar refractivity (Wildman–Crippen MR) is 130 cm³/mol. The lowest BCUT2D eigenvalue weighted by Gasteiger charge is -2.16. The van der Waals surface area contributed by atoms with Crippen LogP contribution in [0.2, 0.25) is 0 Å². The summed E-state index contributed by atoms with van der Waals surface area (Å²) in [6, 6.07) is 6.16. The molecule has 1 aliphatic heterocycles. The van der Waals surface area contributed by atoms with Crippen molar-refractivity contribution in [2.75, 3.05) is 28.2 Å². The first-order chi connectivity index (χ1) is 17.3. The third-order valence-electron chi connectivity index (χ3n) is 5.45. The molecule has 3 heterocycles. The second-order valence-electron chi connectivity index (χ2n) is 8.20. The first-order valence-electron chi connectivity index (χ1n) is 10.7. The standard InChI is InChI=1S/C22H21F3N8O3S/c1-12-18(30-20(11-26-12)33(2)37(3,35)36)10-28-32-17-8-19(27-9-15(17)22(23,24)25)29-14-4-5-16-13(6-14)7-21(34)31-16/h4-6,8-9,11H,7,10H2,1-3H3,(H,27,29)(H,31,34). The number of rotatable bonds is 7. The fraction of sp³-hybridized carbons (Fsp3) is 0.273. The van der Waals surface area contributed by atoms with Crippen LogP contribution in [0.4, 0.5) is 41.9 Å². The number of amides is 1. The van der Waals surface area contributed by atoms with Gasteiger partial charge in [-0.2, -0.15) is 23.4 Å². The van der Waals surface area contributed by atoms with E-state index in [4.69, 9.17) is 0 Å². The molecule has 0 spiro atoms. The number of hydrogen-bond acceptors (Lipinski definition) is 9. The molecule has 2 N–H and O–H groups in total. The van der Waals surface area contributed by atoms with Crippen molar-refractivity contribution >= 4 is 44.6 Å². The van der Waals surface area contributed by atoms with Crippen molar-refractivity contribution in [2.45, 2.75) is 26.1 Å². The second kappa shape index (κ2) is 9.72. The number of fused-ring (bicyclic) bond motifs is 1. The van der Waals surface area contributed by atoms with Crippen LogP contribution >= 0.6 is 0 Å². The maximum atomic E-state index is 13.6. The zero-order valence-corrected chi connectivity index (χ0v) is 20.6. The monoisotopic (exact) mass is 534 g/mol. The van der Waals surface area contributed by atoms with Crippen LogP contribution in [0.1, 0.15) is 22.5 Å². The average molecular weight is 535 g/mol. The Hall–Kier alpha value is -4.14. The first-order valence-corrected chi connectivity index (χ1v) is 12.6. The number of nitrogens with zero attached hydrogens (tertiary/aromatic N) is 6. The van der Waals surface area contributed by atoms with E-state index in [2.05, 4.69) is 35.8 Å². The van der Waals surface area contributed by atoms with Crippen molar-refractivity contribution in [2.24, 2.45) is 10.2 Å². The molecule has 0 saturated carbocycles. The summed E-state index contributed by atoms with van der Waals surface area (Å²) in [5.41, 5.74) is 1.07. The van der Waals surface area contributed by atoms with Gasteiger partial charge in [0.05, 0.1) is 30.3 Å². The maximum absolute atomic E-state index is 13.6. The van der Waals surface area contributed by atoms with Gasteiger partial charge in [-0.15, -0.1) is 0 Å². The Morgan fingerprint density at radius 1 is 1.19 bits per heavy atom. The molecule has 15 heteroatoms. The summed E-state index contributed by atoms with van der Waals surface area (Å²) in [4.78, 5) is 23.7. The topological polar surface area (TPSA) is 142 Å². The maximum Gasteiger partial charge on any atom is 0.420 e. The molecule has 0 radical (unpaired) electrons. The minimum absolute atomic E-state index is 0.0379. The van der Waals surface area contributed by atoms with Crippen LogP contribution in [0.3, 0.4) is 0 Å². The quantitative estimate of drug-likeness (QED) is 0.434. The van der Waals surface area contributed by atoms with Gasteiger partial charge in [-0.3, -0.25) is 14.1 Å². The molecule has 1 aromatic carbocycles. The number of sulfonamides is 1. The molecule has 0 saturated heterocycles. The van der Waals surface area contributed by atoms with Crippen molar-refractivity contribution in [1.29, 1.82) is 0 Å². The Labute approximate surface area is 209 Å². The first kappa shape index (κ1) is 25.9. The number of alkyl halides is 3. The minimum atomic E-state index is -4.73. The number of azo groups is 1. The summed E-state index contributed by atoms with van der Waals surface area (Å²) in [5, 5.41) is 13.3. The Bertz CT molecular complexity index is 1510. The van der Waals surface area contributed by atoms with Crippen molar-refractivity contribution in [3.8, 4) is 0 Å². The molecule has 1 aliphatic rings. The lowest BCUT2D eigenvalue weighted by Crippen LogP contribution is -2.26. The summed E-state index contributed by atoms with van der Waals surface area (Å²) in [6.45, 7) is 1.37. The predicted octanol–water partition coefficient (Wildman–Crippen LogP) is 4.12. The van der Waals surface area contributed by atoms with E-state index in [0.29, 0.717) is 23.3 Å². The number of nitrogens with one attached hydrogen (secondary N) is 2. The summed E-state index contributed by atoms with van der Waals surface area (Å²) < 4.78 is 65.2. The molecule has 4 rings (SSSR count). The molecule has 0 unspecified atom stereocenters. The van der Waals surface area contributed by atoms with Crippen LogP contribution in [-0.2, 0) is 34.0 Å². The highest BCUT2D eigenvalue weighted by molar-refractivity contribution is 7.92. The highest BCUT2D eigenvalue weighted by Gasteiger charge is 2.34. The Morgan fingerprint density at radius 3 is 2.65 bits per heavy atom. The molecule has 0 fully saturated rings. The number of aryl methyl sites for hydroxylation is 1. The van der Waals surface area contributed by atoms with Crippen LogP contribution in [-0.4, -0.2) is 42.6 Å². The van der Waals surface area contributed by atoms with Gasteiger partial charge >= 0.3 is 6.18 Å². The minimum Gasteiger partial charge on any atom is -0.340 e. The fourth-order valence-electron chi connectivity index (χ4n) is 3.40. The molecule has 2 aromatic heterocycles. The number of hydrogen-bond donors (Lipinski definition) is 2. The van der Waals surface area contributed by atoms with Crippen molar-refractivity contribution in [3.05, 3.63) is 59.2 Å². The van der Waals surface area contributed by atoms with E-state index < -0.39 is 27.5 Å². The van der Waals surface area contributed by atoms with Gasteiger partial charge in [-0.25, -0.2) is 18.4 Å². The van der Waals surface area contributed by atoms with Crippen LogP contribution in [0.5, 0.6) is 0 Å². The number of carbonyl (C=O) groups excluding carboxylic acids is 1. The van der Waals surface area contributed by atoms with Gasteiger partial charge in [0.2, 0.25) is 15.9 Å². The lowest BCUT2D eigenvalue weighted by atomic mass is 10.1. The van der Waals surface area contributed by atoms with E-state index in [1.165, 1.54) is 13.2 Å². The fourth-order valence-corrected chi connectivity index (χ4v) is 3.82. The number of benzene rings is 1. The van der Waals surface area contributed by atoms with E-state index >= 15 is 0 Å². The van der Waals surface area contributed by atoms with E-state index in [-0.39, 0.29) is 36.2 Å². The van der Waals surface area contributed by atoms with E-state index in [1.54, 1.807) is 25.1 Å². The summed E-state index contributed by atoms with van der Waals surface area (Å²) in [6.07, 6.45) is -1.60. The summed E-state index contributed by atoms with van der Waals surface area (Å²) >= 11 is 0. The largest absolute Gasteiger partial charge is 0.420 e. The van der Waals surface area contributed by atoms with Crippen molar-refractivity contribution < 1.29 is 26.4 Å². The van der Waals surface area contributed by atoms with Crippen LogP contribution < -0.4 is 14.9 Å². The molecule has 0 atom stereocenters. The number of anilines is 4. The van der Waals surface area contributed by atoms with Gasteiger partial charge in [0.1, 0.15) is 23.6 Å². The molecule has 11 nitrogen and oxygen atoms in total. The van der Waals surface area contributed by atoms with Crippen LogP contribution in [0.25, 0.3) is 0 Å². The molecule has 194 valence electrons. The van der Waals surface area contributed by atoms with Gasteiger partial charge in [-0.05, 0) is 30.7 Å². The highest BCUT2D eigenvalue weighted by atomic mass is 32.2. The van der Waals surface area contributed by atoms with Gasteiger partial charge < -0.3 is 10.6 Å². The zero-order valence-electron chi connectivity index (χ0n) is 19.8. The molecular weight excluding hydrogens is 513 g/mol.